The van der Waals surface area contributed by atoms with Crippen LogP contribution in [0.25, 0.3) is 0 Å². The average Bonchev–Trinajstić information content (AvgIpc) is 3.24. The van der Waals surface area contributed by atoms with Crippen LogP contribution in [0.3, 0.4) is 0 Å². The van der Waals surface area contributed by atoms with Crippen molar-refractivity contribution in [2.75, 3.05) is 18.4 Å². The Morgan fingerprint density at radius 3 is 2.61 bits per heavy atom. The number of hydrogen-bond donors (Lipinski definition) is 2. The number of fused-ring (bicyclic) bond motifs is 2. The standard InChI is InChI=1S/C22H27N3O2S/c1-14(2)15-3-5-16(6-4-15)20(26)24-21-19(10-12-28-21)22(27)25-17-7-8-18(25)13-23-11-9-17/h3-6,10,12,14,17-18,23H,7-9,11,13H2,1-2H3,(H,24,26). The predicted octanol–water partition coefficient (Wildman–Crippen LogP) is 4.09. The summed E-state index contributed by atoms with van der Waals surface area (Å²) in [6, 6.07) is 10.1. The number of anilines is 1. The zero-order valence-corrected chi connectivity index (χ0v) is 17.2. The van der Waals surface area contributed by atoms with Crippen molar-refractivity contribution in [3.05, 3.63) is 52.4 Å². The lowest BCUT2D eigenvalue weighted by Crippen LogP contribution is -2.42. The molecule has 148 valence electrons. The van der Waals surface area contributed by atoms with Crippen molar-refractivity contribution in [1.29, 1.82) is 0 Å². The van der Waals surface area contributed by atoms with Crippen molar-refractivity contribution in [3.63, 3.8) is 0 Å². The molecule has 1 aromatic carbocycles. The first-order valence-electron chi connectivity index (χ1n) is 10.1. The number of rotatable bonds is 4. The molecule has 2 amide bonds. The molecular formula is C22H27N3O2S. The summed E-state index contributed by atoms with van der Waals surface area (Å²) in [5.41, 5.74) is 2.42. The van der Waals surface area contributed by atoms with E-state index in [0.717, 1.165) is 32.4 Å². The van der Waals surface area contributed by atoms with Crippen LogP contribution in [0.2, 0.25) is 0 Å². The van der Waals surface area contributed by atoms with Gasteiger partial charge in [-0.05, 0) is 60.9 Å². The topological polar surface area (TPSA) is 61.4 Å². The van der Waals surface area contributed by atoms with Crippen LogP contribution < -0.4 is 10.6 Å². The number of benzene rings is 1. The Labute approximate surface area is 170 Å². The average molecular weight is 398 g/mol. The molecule has 2 saturated heterocycles. The van der Waals surface area contributed by atoms with E-state index in [1.54, 1.807) is 0 Å². The van der Waals surface area contributed by atoms with Crippen LogP contribution in [-0.2, 0) is 0 Å². The first-order chi connectivity index (χ1) is 13.5. The summed E-state index contributed by atoms with van der Waals surface area (Å²) >= 11 is 1.41. The van der Waals surface area contributed by atoms with E-state index in [9.17, 15) is 9.59 Å². The van der Waals surface area contributed by atoms with Gasteiger partial charge in [-0.2, -0.15) is 0 Å². The first-order valence-corrected chi connectivity index (χ1v) is 10.9. The number of nitrogens with zero attached hydrogens (tertiary/aromatic N) is 1. The van der Waals surface area contributed by atoms with Gasteiger partial charge in [0.05, 0.1) is 5.56 Å². The number of amides is 2. The van der Waals surface area contributed by atoms with Crippen LogP contribution in [0.15, 0.2) is 35.7 Å². The highest BCUT2D eigenvalue weighted by molar-refractivity contribution is 7.14. The molecule has 0 saturated carbocycles. The lowest BCUT2D eigenvalue weighted by molar-refractivity contribution is 0.0682. The Kier molecular flexibility index (Phi) is 5.51. The van der Waals surface area contributed by atoms with E-state index in [-0.39, 0.29) is 17.9 Å². The highest BCUT2D eigenvalue weighted by Crippen LogP contribution is 2.33. The van der Waals surface area contributed by atoms with Crippen molar-refractivity contribution in [3.8, 4) is 0 Å². The van der Waals surface area contributed by atoms with Gasteiger partial charge in [0.2, 0.25) is 0 Å². The maximum atomic E-state index is 13.3. The third kappa shape index (κ3) is 3.71. The molecule has 2 unspecified atom stereocenters. The molecule has 2 atom stereocenters. The molecular weight excluding hydrogens is 370 g/mol. The molecule has 28 heavy (non-hydrogen) atoms. The second-order valence-corrected chi connectivity index (χ2v) is 8.90. The number of nitrogens with one attached hydrogen (secondary N) is 2. The second-order valence-electron chi connectivity index (χ2n) is 7.98. The second kappa shape index (κ2) is 8.05. The maximum absolute atomic E-state index is 13.3. The summed E-state index contributed by atoms with van der Waals surface area (Å²) in [4.78, 5) is 28.0. The molecule has 0 spiro atoms. The molecule has 4 rings (SSSR count). The first kappa shape index (κ1) is 19.2. The Hall–Kier alpha value is -2.18. The molecule has 2 aliphatic heterocycles. The van der Waals surface area contributed by atoms with E-state index in [1.807, 2.05) is 35.7 Å². The van der Waals surface area contributed by atoms with Gasteiger partial charge < -0.3 is 15.5 Å². The number of thiophene rings is 1. The van der Waals surface area contributed by atoms with Crippen LogP contribution in [0.4, 0.5) is 5.00 Å². The molecule has 0 radical (unpaired) electrons. The minimum atomic E-state index is -0.174. The van der Waals surface area contributed by atoms with Gasteiger partial charge in [0, 0.05) is 24.2 Å². The Morgan fingerprint density at radius 2 is 1.86 bits per heavy atom. The molecule has 6 heteroatoms. The number of carbonyl (C=O) groups excluding carboxylic acids is 2. The maximum Gasteiger partial charge on any atom is 0.257 e. The van der Waals surface area contributed by atoms with Crippen molar-refractivity contribution in [2.24, 2.45) is 0 Å². The summed E-state index contributed by atoms with van der Waals surface area (Å²) < 4.78 is 0. The molecule has 0 aliphatic carbocycles. The number of carbonyl (C=O) groups is 2. The highest BCUT2D eigenvalue weighted by Gasteiger charge is 2.39. The summed E-state index contributed by atoms with van der Waals surface area (Å²) in [5.74, 6) is 0.298. The van der Waals surface area contributed by atoms with Crippen molar-refractivity contribution >= 4 is 28.2 Å². The predicted molar refractivity (Wildman–Crippen MR) is 113 cm³/mol. The van der Waals surface area contributed by atoms with Crippen molar-refractivity contribution < 1.29 is 9.59 Å². The monoisotopic (exact) mass is 397 g/mol. The van der Waals surface area contributed by atoms with Crippen LogP contribution in [-0.4, -0.2) is 41.9 Å². The van der Waals surface area contributed by atoms with Crippen LogP contribution >= 0.6 is 11.3 Å². The largest absolute Gasteiger partial charge is 0.331 e. The van der Waals surface area contributed by atoms with Gasteiger partial charge in [-0.3, -0.25) is 9.59 Å². The van der Waals surface area contributed by atoms with Crippen LogP contribution in [0.5, 0.6) is 0 Å². The van der Waals surface area contributed by atoms with Gasteiger partial charge in [-0.25, -0.2) is 0 Å². The van der Waals surface area contributed by atoms with Crippen LogP contribution in [0.1, 0.15) is 65.3 Å². The summed E-state index contributed by atoms with van der Waals surface area (Å²) in [6.07, 6.45) is 3.12. The van der Waals surface area contributed by atoms with E-state index in [2.05, 4.69) is 29.4 Å². The molecule has 5 nitrogen and oxygen atoms in total. The normalized spacial score (nSPS) is 21.6. The van der Waals surface area contributed by atoms with Crippen molar-refractivity contribution in [2.45, 2.75) is 51.1 Å². The fourth-order valence-corrected chi connectivity index (χ4v) is 5.00. The van der Waals surface area contributed by atoms with E-state index >= 15 is 0 Å². The molecule has 2 bridgehead atoms. The van der Waals surface area contributed by atoms with Gasteiger partial charge in [-0.1, -0.05) is 26.0 Å². The lowest BCUT2D eigenvalue weighted by atomic mass is 10.0. The lowest BCUT2D eigenvalue weighted by Gasteiger charge is -2.28. The molecule has 2 aliphatic rings. The molecule has 3 heterocycles. The minimum Gasteiger partial charge on any atom is -0.331 e. The SMILES string of the molecule is CC(C)c1ccc(C(=O)Nc2sccc2C(=O)N2C3CCNCC2CC3)cc1. The quantitative estimate of drug-likeness (QED) is 0.817. The van der Waals surface area contributed by atoms with Gasteiger partial charge in [0.15, 0.2) is 0 Å². The van der Waals surface area contributed by atoms with Crippen molar-refractivity contribution in [1.82, 2.24) is 10.2 Å². The summed E-state index contributed by atoms with van der Waals surface area (Å²) in [7, 11) is 0. The zero-order chi connectivity index (χ0) is 19.7. The summed E-state index contributed by atoms with van der Waals surface area (Å²) in [5, 5.41) is 8.90. The van der Waals surface area contributed by atoms with Crippen LogP contribution in [0, 0.1) is 0 Å². The Bertz CT molecular complexity index is 845. The smallest absolute Gasteiger partial charge is 0.257 e. The fraction of sp³-hybridized carbons (Fsp3) is 0.455. The van der Waals surface area contributed by atoms with E-state index < -0.39 is 0 Å². The van der Waals surface area contributed by atoms with Gasteiger partial charge in [0.25, 0.3) is 11.8 Å². The summed E-state index contributed by atoms with van der Waals surface area (Å²) in [6.45, 7) is 6.08. The van der Waals surface area contributed by atoms with E-state index in [1.165, 1.54) is 16.9 Å². The van der Waals surface area contributed by atoms with Gasteiger partial charge in [-0.15, -0.1) is 11.3 Å². The third-order valence-electron chi connectivity index (χ3n) is 5.85. The minimum absolute atomic E-state index is 0.0444. The molecule has 2 aromatic rings. The van der Waals surface area contributed by atoms with E-state index in [4.69, 9.17) is 0 Å². The van der Waals surface area contributed by atoms with Gasteiger partial charge >= 0.3 is 0 Å². The number of hydrogen-bond acceptors (Lipinski definition) is 4. The fourth-order valence-electron chi connectivity index (χ4n) is 4.22. The zero-order valence-electron chi connectivity index (χ0n) is 16.4. The Balaban J connectivity index is 1.51. The third-order valence-corrected chi connectivity index (χ3v) is 6.68. The molecule has 2 fully saturated rings. The molecule has 1 aromatic heterocycles. The Morgan fingerprint density at radius 1 is 1.11 bits per heavy atom. The van der Waals surface area contributed by atoms with E-state index in [0.29, 0.717) is 28.1 Å². The van der Waals surface area contributed by atoms with Gasteiger partial charge in [0.1, 0.15) is 5.00 Å². The highest BCUT2D eigenvalue weighted by atomic mass is 32.1. The molecule has 2 N–H and O–H groups in total.